The maximum atomic E-state index is 12.7. The summed E-state index contributed by atoms with van der Waals surface area (Å²) in [5.74, 6) is 0.384. The average molecular weight is 488 g/mol. The first-order valence-corrected chi connectivity index (χ1v) is 11.6. The lowest BCUT2D eigenvalue weighted by Crippen LogP contribution is -2.42. The first-order valence-electron chi connectivity index (χ1n) is 11.6. The van der Waals surface area contributed by atoms with Gasteiger partial charge in [0, 0.05) is 13.1 Å². The number of allylic oxidation sites excluding steroid dienone is 1. The predicted octanol–water partition coefficient (Wildman–Crippen LogP) is 3.52. The lowest BCUT2D eigenvalue weighted by Gasteiger charge is -2.27. The van der Waals surface area contributed by atoms with Crippen LogP contribution in [0.5, 0.6) is 17.4 Å². The van der Waals surface area contributed by atoms with Crippen LogP contribution in [0, 0.1) is 11.3 Å². The van der Waals surface area contributed by atoms with E-state index in [0.29, 0.717) is 55.7 Å². The highest BCUT2D eigenvalue weighted by Crippen LogP contribution is 2.47. The van der Waals surface area contributed by atoms with Gasteiger partial charge in [-0.05, 0) is 30.2 Å². The normalized spacial score (nSPS) is 17.1. The van der Waals surface area contributed by atoms with E-state index in [4.69, 9.17) is 24.7 Å². The standard InChI is InChI=1S/C26H25N5O5/c1-2-34-20-14-17(8-9-19(20)35-26(32)31-10-12-33-13-11-31)21-18(15-27)24(28)36-25-22(21)23(29-30-25)16-6-4-3-5-7-16/h3-9,14,21H,2,10-13,28H2,1H3,(H,29,30)/t21-/m0/s1. The van der Waals surface area contributed by atoms with E-state index in [9.17, 15) is 10.1 Å². The number of fused-ring (bicyclic) bond motifs is 1. The first-order chi connectivity index (χ1) is 17.6. The van der Waals surface area contributed by atoms with Gasteiger partial charge < -0.3 is 29.6 Å². The number of H-pyrrole nitrogens is 1. The van der Waals surface area contributed by atoms with Gasteiger partial charge in [-0.3, -0.25) is 5.10 Å². The predicted molar refractivity (Wildman–Crippen MR) is 129 cm³/mol. The Balaban J connectivity index is 1.56. The molecule has 0 bridgehead atoms. The van der Waals surface area contributed by atoms with Crippen LogP contribution in [0.4, 0.5) is 4.79 Å². The van der Waals surface area contributed by atoms with Gasteiger partial charge in [0.25, 0.3) is 0 Å². The minimum atomic E-state index is -0.573. The largest absolute Gasteiger partial charge is 0.490 e. The third-order valence-electron chi connectivity index (χ3n) is 6.07. The monoisotopic (exact) mass is 487 g/mol. The number of rotatable bonds is 5. The molecule has 10 heteroatoms. The second kappa shape index (κ2) is 10.0. The zero-order chi connectivity index (χ0) is 25.1. The van der Waals surface area contributed by atoms with Crippen LogP contribution in [-0.2, 0) is 4.74 Å². The Kier molecular flexibility index (Phi) is 6.47. The fraction of sp³-hybridized carbons (Fsp3) is 0.269. The molecule has 0 aliphatic carbocycles. The van der Waals surface area contributed by atoms with Crippen molar-refractivity contribution in [1.82, 2.24) is 15.1 Å². The van der Waals surface area contributed by atoms with Crippen LogP contribution in [0.1, 0.15) is 24.0 Å². The molecule has 1 fully saturated rings. The molecule has 1 saturated heterocycles. The molecular formula is C26H25N5O5. The highest BCUT2D eigenvalue weighted by Gasteiger charge is 2.36. The molecule has 0 spiro atoms. The van der Waals surface area contributed by atoms with E-state index in [2.05, 4.69) is 16.3 Å². The van der Waals surface area contributed by atoms with Crippen molar-refractivity contribution in [1.29, 1.82) is 5.26 Å². The molecule has 0 radical (unpaired) electrons. The van der Waals surface area contributed by atoms with Crippen molar-refractivity contribution in [2.75, 3.05) is 32.9 Å². The molecule has 184 valence electrons. The van der Waals surface area contributed by atoms with Crippen LogP contribution in [0.2, 0.25) is 0 Å². The molecule has 2 aliphatic rings. The SMILES string of the molecule is CCOc1cc([C@H]2C(C#N)=C(N)Oc3n[nH]c(-c4ccccc4)c32)ccc1OC(=O)N1CCOCC1. The maximum Gasteiger partial charge on any atom is 0.415 e. The quantitative estimate of drug-likeness (QED) is 0.558. The van der Waals surface area contributed by atoms with Gasteiger partial charge in [-0.25, -0.2) is 4.79 Å². The number of aromatic nitrogens is 2. The Labute approximate surface area is 207 Å². The van der Waals surface area contributed by atoms with Crippen molar-refractivity contribution in [2.45, 2.75) is 12.8 Å². The summed E-state index contributed by atoms with van der Waals surface area (Å²) in [6.07, 6.45) is -0.469. The van der Waals surface area contributed by atoms with Crippen LogP contribution in [-0.4, -0.2) is 54.1 Å². The van der Waals surface area contributed by atoms with Crippen LogP contribution in [0.3, 0.4) is 0 Å². The number of nitriles is 1. The summed E-state index contributed by atoms with van der Waals surface area (Å²) < 4.78 is 22.5. The molecule has 1 aromatic heterocycles. The maximum absolute atomic E-state index is 12.7. The number of carbonyl (C=O) groups is 1. The Morgan fingerprint density at radius 3 is 2.72 bits per heavy atom. The number of nitrogens with one attached hydrogen (secondary N) is 1. The summed E-state index contributed by atoms with van der Waals surface area (Å²) >= 11 is 0. The van der Waals surface area contributed by atoms with Gasteiger partial charge in [0.2, 0.25) is 11.8 Å². The van der Waals surface area contributed by atoms with Gasteiger partial charge in [-0.1, -0.05) is 36.4 Å². The van der Waals surface area contributed by atoms with E-state index in [1.807, 2.05) is 37.3 Å². The fourth-order valence-electron chi connectivity index (χ4n) is 4.36. The Morgan fingerprint density at radius 1 is 1.22 bits per heavy atom. The van der Waals surface area contributed by atoms with E-state index < -0.39 is 12.0 Å². The van der Waals surface area contributed by atoms with Gasteiger partial charge in [0.1, 0.15) is 11.6 Å². The van der Waals surface area contributed by atoms with Crippen molar-refractivity contribution in [3.05, 3.63) is 71.1 Å². The van der Waals surface area contributed by atoms with Crippen LogP contribution >= 0.6 is 0 Å². The Morgan fingerprint density at radius 2 is 2.00 bits per heavy atom. The molecule has 5 rings (SSSR count). The number of carbonyl (C=O) groups excluding carboxylic acids is 1. The van der Waals surface area contributed by atoms with Crippen molar-refractivity contribution < 1.29 is 23.7 Å². The lowest BCUT2D eigenvalue weighted by atomic mass is 9.83. The lowest BCUT2D eigenvalue weighted by molar-refractivity contribution is 0.0413. The summed E-state index contributed by atoms with van der Waals surface area (Å²) in [6.45, 7) is 4.06. The van der Waals surface area contributed by atoms with Gasteiger partial charge >= 0.3 is 6.09 Å². The Hall–Kier alpha value is -4.49. The second-order valence-corrected chi connectivity index (χ2v) is 8.21. The van der Waals surface area contributed by atoms with Crippen molar-refractivity contribution >= 4 is 6.09 Å². The average Bonchev–Trinajstić information content (AvgIpc) is 3.33. The van der Waals surface area contributed by atoms with E-state index in [-0.39, 0.29) is 17.2 Å². The highest BCUT2D eigenvalue weighted by molar-refractivity contribution is 5.73. The van der Waals surface area contributed by atoms with Crippen LogP contribution in [0.25, 0.3) is 11.3 Å². The summed E-state index contributed by atoms with van der Waals surface area (Å²) in [7, 11) is 0. The van der Waals surface area contributed by atoms with Gasteiger partial charge in [-0.15, -0.1) is 5.10 Å². The fourth-order valence-corrected chi connectivity index (χ4v) is 4.36. The van der Waals surface area contributed by atoms with Crippen molar-refractivity contribution in [3.8, 4) is 34.7 Å². The molecular weight excluding hydrogens is 462 g/mol. The first kappa shape index (κ1) is 23.3. The number of morpholine rings is 1. The highest BCUT2D eigenvalue weighted by atomic mass is 16.6. The molecule has 3 heterocycles. The zero-order valence-corrected chi connectivity index (χ0v) is 19.7. The van der Waals surface area contributed by atoms with Crippen LogP contribution in [0.15, 0.2) is 60.0 Å². The van der Waals surface area contributed by atoms with Gasteiger partial charge in [-0.2, -0.15) is 5.26 Å². The molecule has 3 N–H and O–H groups in total. The number of nitrogens with two attached hydrogens (primary N) is 1. The third kappa shape index (κ3) is 4.32. The summed E-state index contributed by atoms with van der Waals surface area (Å²) in [6, 6.07) is 17.1. The van der Waals surface area contributed by atoms with Crippen LogP contribution < -0.4 is 19.9 Å². The van der Waals surface area contributed by atoms with Gasteiger partial charge in [0.05, 0.1) is 37.0 Å². The smallest absolute Gasteiger partial charge is 0.415 e. The van der Waals surface area contributed by atoms with Crippen molar-refractivity contribution in [3.63, 3.8) is 0 Å². The van der Waals surface area contributed by atoms with E-state index >= 15 is 0 Å². The molecule has 36 heavy (non-hydrogen) atoms. The number of ether oxygens (including phenoxy) is 4. The van der Waals surface area contributed by atoms with E-state index in [1.165, 1.54) is 0 Å². The number of hydrogen-bond acceptors (Lipinski definition) is 8. The topological polar surface area (TPSA) is 136 Å². The summed E-state index contributed by atoms with van der Waals surface area (Å²) in [5, 5.41) is 17.3. The second-order valence-electron chi connectivity index (χ2n) is 8.21. The Bertz CT molecular complexity index is 1340. The van der Waals surface area contributed by atoms with Crippen molar-refractivity contribution in [2.24, 2.45) is 5.73 Å². The molecule has 2 aliphatic heterocycles. The third-order valence-corrected chi connectivity index (χ3v) is 6.07. The molecule has 1 amide bonds. The minimum Gasteiger partial charge on any atom is -0.490 e. The minimum absolute atomic E-state index is 0.0121. The zero-order valence-electron chi connectivity index (χ0n) is 19.7. The molecule has 1 atom stereocenters. The van der Waals surface area contributed by atoms with E-state index in [1.54, 1.807) is 23.1 Å². The number of aromatic amines is 1. The van der Waals surface area contributed by atoms with Gasteiger partial charge in [0.15, 0.2) is 11.5 Å². The number of benzene rings is 2. The molecule has 0 saturated carbocycles. The number of hydrogen-bond donors (Lipinski definition) is 2. The molecule has 10 nitrogen and oxygen atoms in total. The molecule has 2 aromatic carbocycles. The number of nitrogens with zero attached hydrogens (tertiary/aromatic N) is 3. The number of amides is 1. The molecule has 0 unspecified atom stereocenters. The molecule has 3 aromatic rings. The van der Waals surface area contributed by atoms with E-state index in [0.717, 1.165) is 11.3 Å². The summed E-state index contributed by atoms with van der Waals surface area (Å²) in [5.41, 5.74) is 9.38. The summed E-state index contributed by atoms with van der Waals surface area (Å²) in [4.78, 5) is 14.3.